The minimum absolute atomic E-state index is 0.000149. The van der Waals surface area contributed by atoms with Crippen LogP contribution in [0.15, 0.2) is 54.6 Å². The number of nitro benzene ring substituents is 1. The summed E-state index contributed by atoms with van der Waals surface area (Å²) in [5, 5.41) is 18.5. The van der Waals surface area contributed by atoms with Crippen molar-refractivity contribution in [3.63, 3.8) is 0 Å². The zero-order valence-corrected chi connectivity index (χ0v) is 19.4. The highest BCUT2D eigenvalue weighted by molar-refractivity contribution is 5.90. The number of aromatic nitrogens is 2. The lowest BCUT2D eigenvalue weighted by molar-refractivity contribution is -0.384. The van der Waals surface area contributed by atoms with Crippen molar-refractivity contribution in [2.24, 2.45) is 5.92 Å². The summed E-state index contributed by atoms with van der Waals surface area (Å²) in [5.41, 5.74) is 3.88. The minimum atomic E-state index is -0.477. The molecule has 1 N–H and O–H groups in total. The fourth-order valence-electron chi connectivity index (χ4n) is 4.99. The zero-order valence-electron chi connectivity index (χ0n) is 19.4. The zero-order chi connectivity index (χ0) is 24.4. The maximum atomic E-state index is 13.4. The summed E-state index contributed by atoms with van der Waals surface area (Å²) in [5.74, 6) is 0.0618. The third kappa shape index (κ3) is 4.66. The summed E-state index contributed by atoms with van der Waals surface area (Å²) in [6.45, 7) is 0.778. The summed E-state index contributed by atoms with van der Waals surface area (Å²) >= 11 is 0. The average Bonchev–Trinajstić information content (AvgIpc) is 3.28. The number of non-ortho nitro benzene ring substituents is 1. The molecule has 1 saturated carbocycles. The number of nitrogens with one attached hydrogen (secondary N) is 1. The van der Waals surface area contributed by atoms with E-state index in [0.29, 0.717) is 25.2 Å². The van der Waals surface area contributed by atoms with E-state index in [2.05, 4.69) is 5.32 Å². The molecule has 2 aromatic carbocycles. The summed E-state index contributed by atoms with van der Waals surface area (Å²) in [4.78, 5) is 38.5. The van der Waals surface area contributed by atoms with Crippen LogP contribution in [0, 0.1) is 16.0 Å². The van der Waals surface area contributed by atoms with Crippen LogP contribution in [-0.4, -0.2) is 38.1 Å². The summed E-state index contributed by atoms with van der Waals surface area (Å²) in [6, 6.07) is 15.2. The van der Waals surface area contributed by atoms with Gasteiger partial charge >= 0.3 is 6.03 Å². The lowest BCUT2D eigenvalue weighted by Crippen LogP contribution is -2.39. The van der Waals surface area contributed by atoms with Crippen LogP contribution < -0.4 is 5.32 Å². The molecule has 1 aliphatic carbocycles. The van der Waals surface area contributed by atoms with Crippen LogP contribution in [0.3, 0.4) is 0 Å². The molecule has 0 atom stereocenters. The van der Waals surface area contributed by atoms with Gasteiger partial charge in [0.25, 0.3) is 5.69 Å². The maximum Gasteiger partial charge on any atom is 0.322 e. The third-order valence-electron chi connectivity index (χ3n) is 6.88. The summed E-state index contributed by atoms with van der Waals surface area (Å²) in [6.07, 6.45) is 5.65. The lowest BCUT2D eigenvalue weighted by atomic mass is 9.88. The van der Waals surface area contributed by atoms with Gasteiger partial charge in [0.15, 0.2) is 0 Å². The van der Waals surface area contributed by atoms with Crippen LogP contribution in [0.5, 0.6) is 0 Å². The van der Waals surface area contributed by atoms with Crippen LogP contribution in [-0.2, 0) is 13.0 Å². The monoisotopic (exact) mass is 473 g/mol. The van der Waals surface area contributed by atoms with Crippen LogP contribution in [0.1, 0.15) is 48.2 Å². The Morgan fingerprint density at radius 2 is 1.71 bits per heavy atom. The van der Waals surface area contributed by atoms with E-state index in [-0.39, 0.29) is 23.5 Å². The predicted molar refractivity (Wildman–Crippen MR) is 131 cm³/mol. The van der Waals surface area contributed by atoms with Gasteiger partial charge in [0.1, 0.15) is 0 Å². The number of urea groups is 1. The first-order valence-corrected chi connectivity index (χ1v) is 12.0. The first-order valence-electron chi connectivity index (χ1n) is 12.0. The number of hydrogen-bond donors (Lipinski definition) is 1. The number of fused-ring (bicyclic) bond motifs is 1. The summed E-state index contributed by atoms with van der Waals surface area (Å²) in [7, 11) is 0. The molecule has 0 radical (unpaired) electrons. The Hall–Kier alpha value is -4.01. The molecule has 0 unspecified atom stereocenters. The highest BCUT2D eigenvalue weighted by Gasteiger charge is 2.32. The quantitative estimate of drug-likeness (QED) is 0.410. The molecule has 1 fully saturated rings. The lowest BCUT2D eigenvalue weighted by Gasteiger charge is -2.28. The molecule has 180 valence electrons. The highest BCUT2D eigenvalue weighted by atomic mass is 16.6. The first-order chi connectivity index (χ1) is 17.0. The smallest absolute Gasteiger partial charge is 0.320 e. The molecule has 0 bridgehead atoms. The summed E-state index contributed by atoms with van der Waals surface area (Å²) < 4.78 is 1.61. The number of anilines is 1. The largest absolute Gasteiger partial charge is 0.322 e. The molecular formula is C26H27N5O4. The van der Waals surface area contributed by atoms with Crippen molar-refractivity contribution in [2.75, 3.05) is 11.9 Å². The van der Waals surface area contributed by atoms with Crippen molar-refractivity contribution in [1.29, 1.82) is 0 Å². The van der Waals surface area contributed by atoms with Gasteiger partial charge in [-0.3, -0.25) is 14.9 Å². The number of benzene rings is 2. The van der Waals surface area contributed by atoms with Crippen LogP contribution in [0.4, 0.5) is 16.2 Å². The molecule has 0 saturated heterocycles. The number of carbonyl (C=O) groups is 2. The van der Waals surface area contributed by atoms with E-state index < -0.39 is 4.92 Å². The van der Waals surface area contributed by atoms with Crippen molar-refractivity contribution in [2.45, 2.75) is 45.1 Å². The van der Waals surface area contributed by atoms with Crippen LogP contribution in [0.25, 0.3) is 11.3 Å². The first kappa shape index (κ1) is 22.8. The topological polar surface area (TPSA) is 110 Å². The second kappa shape index (κ2) is 9.69. The van der Waals surface area contributed by atoms with E-state index in [1.54, 1.807) is 9.58 Å². The van der Waals surface area contributed by atoms with Gasteiger partial charge in [0, 0.05) is 47.8 Å². The van der Waals surface area contributed by atoms with Crippen LogP contribution in [0.2, 0.25) is 0 Å². The Balaban J connectivity index is 1.41. The van der Waals surface area contributed by atoms with Crippen molar-refractivity contribution in [3.05, 3.63) is 76.0 Å². The van der Waals surface area contributed by atoms with Gasteiger partial charge in [-0.15, -0.1) is 0 Å². The normalized spacial score (nSPS) is 15.9. The Labute approximate surface area is 202 Å². The molecule has 1 aromatic heterocycles. The molecule has 35 heavy (non-hydrogen) atoms. The number of nitro groups is 1. The molecule has 2 heterocycles. The van der Waals surface area contributed by atoms with Gasteiger partial charge in [-0.05, 0) is 25.0 Å². The molecular weight excluding hydrogens is 446 g/mol. The molecule has 5 rings (SSSR count). The molecule has 1 aliphatic heterocycles. The Bertz CT molecular complexity index is 1250. The SMILES string of the molecule is O=C(Nc1ccc([N+](=O)[O-])cc1)N1CCc2c(c(-c3ccccc3)nn2C(=O)C2CCCCC2)C1. The number of rotatable bonds is 4. The second-order valence-electron chi connectivity index (χ2n) is 9.13. The van der Waals surface area contributed by atoms with Gasteiger partial charge in [-0.1, -0.05) is 49.6 Å². The van der Waals surface area contributed by atoms with Gasteiger partial charge in [-0.25, -0.2) is 9.48 Å². The molecule has 2 amide bonds. The maximum absolute atomic E-state index is 13.4. The standard InChI is InChI=1S/C26H27N5O4/c32-25(19-9-5-2-6-10-19)30-23-15-16-29(17-22(23)24(28-30)18-7-3-1-4-8-18)26(33)27-20-11-13-21(14-12-20)31(34)35/h1,3-4,7-8,11-14,19H,2,5-6,9-10,15-17H2,(H,27,33). The van der Waals surface area contributed by atoms with Crippen molar-refractivity contribution in [3.8, 4) is 11.3 Å². The Morgan fingerprint density at radius 3 is 2.40 bits per heavy atom. The fourth-order valence-corrected chi connectivity index (χ4v) is 4.99. The van der Waals surface area contributed by atoms with E-state index >= 15 is 0 Å². The Kier molecular flexibility index (Phi) is 6.31. The molecule has 0 spiro atoms. The fraction of sp³-hybridized carbons (Fsp3) is 0.346. The van der Waals surface area contributed by atoms with E-state index in [0.717, 1.165) is 48.2 Å². The van der Waals surface area contributed by atoms with Gasteiger partial charge in [-0.2, -0.15) is 5.10 Å². The van der Waals surface area contributed by atoms with Gasteiger partial charge < -0.3 is 10.2 Å². The van der Waals surface area contributed by atoms with Crippen LogP contribution >= 0.6 is 0 Å². The number of carbonyl (C=O) groups excluding carboxylic acids is 2. The predicted octanol–water partition coefficient (Wildman–Crippen LogP) is 5.27. The number of amides is 2. The van der Waals surface area contributed by atoms with Gasteiger partial charge in [0.05, 0.1) is 22.9 Å². The average molecular weight is 474 g/mol. The molecule has 9 heteroatoms. The number of hydrogen-bond acceptors (Lipinski definition) is 5. The van der Waals surface area contributed by atoms with E-state index in [9.17, 15) is 19.7 Å². The van der Waals surface area contributed by atoms with Crippen molar-refractivity contribution in [1.82, 2.24) is 14.7 Å². The number of nitrogens with zero attached hydrogens (tertiary/aromatic N) is 4. The van der Waals surface area contributed by atoms with E-state index in [1.807, 2.05) is 30.3 Å². The van der Waals surface area contributed by atoms with E-state index in [1.165, 1.54) is 30.7 Å². The third-order valence-corrected chi connectivity index (χ3v) is 6.88. The minimum Gasteiger partial charge on any atom is -0.320 e. The molecule has 9 nitrogen and oxygen atoms in total. The van der Waals surface area contributed by atoms with E-state index in [4.69, 9.17) is 5.10 Å². The van der Waals surface area contributed by atoms with Gasteiger partial charge in [0.2, 0.25) is 5.91 Å². The molecule has 3 aromatic rings. The molecule has 2 aliphatic rings. The van der Waals surface area contributed by atoms with Crippen molar-refractivity contribution >= 4 is 23.3 Å². The Morgan fingerprint density at radius 1 is 1.00 bits per heavy atom. The highest BCUT2D eigenvalue weighted by Crippen LogP contribution is 2.33. The van der Waals surface area contributed by atoms with Crippen molar-refractivity contribution < 1.29 is 14.5 Å². The second-order valence-corrected chi connectivity index (χ2v) is 9.13.